The van der Waals surface area contributed by atoms with E-state index in [1.165, 1.54) is 0 Å². The monoisotopic (exact) mass is 368 g/mol. The van der Waals surface area contributed by atoms with Crippen molar-refractivity contribution in [2.75, 3.05) is 0 Å². The molecule has 0 aromatic heterocycles. The summed E-state index contributed by atoms with van der Waals surface area (Å²) in [6.45, 7) is 0.507. The zero-order valence-corrected chi connectivity index (χ0v) is 12.3. The summed E-state index contributed by atoms with van der Waals surface area (Å²) in [6, 6.07) is 17.1. The van der Waals surface area contributed by atoms with Crippen LogP contribution in [0.1, 0.15) is 15.1 Å². The predicted octanol–water partition coefficient (Wildman–Crippen LogP) is 3.83. The van der Waals surface area contributed by atoms with Crippen molar-refractivity contribution in [1.82, 2.24) is 0 Å². The fourth-order valence-electron chi connectivity index (χ4n) is 1.62. The molecule has 0 fully saturated rings. The molecule has 1 atom stereocenters. The maximum atomic E-state index is 10.9. The number of hydrogen-bond acceptors (Lipinski definition) is 2. The Hall–Kier alpha value is -1.56. The molecule has 0 heterocycles. The van der Waals surface area contributed by atoms with Crippen LogP contribution < -0.4 is 4.74 Å². The van der Waals surface area contributed by atoms with Gasteiger partial charge in [-0.05, 0) is 23.3 Å². The predicted molar refractivity (Wildman–Crippen MR) is 81.6 cm³/mol. The fraction of sp³-hybridized carbons (Fsp3) is 0.133. The third-order valence-electron chi connectivity index (χ3n) is 2.64. The third-order valence-corrected chi connectivity index (χ3v) is 3.89. The number of rotatable bonds is 5. The van der Waals surface area contributed by atoms with Crippen LogP contribution in [0.15, 0.2) is 54.6 Å². The van der Waals surface area contributed by atoms with E-state index in [-0.39, 0.29) is 0 Å². The van der Waals surface area contributed by atoms with Crippen molar-refractivity contribution in [3.8, 4) is 5.75 Å². The second-order valence-electron chi connectivity index (χ2n) is 4.04. The maximum Gasteiger partial charge on any atom is 0.320 e. The lowest BCUT2D eigenvalue weighted by Crippen LogP contribution is -2.04. The number of carbonyl (C=O) groups is 1. The summed E-state index contributed by atoms with van der Waals surface area (Å²) in [4.78, 5) is 10.9. The second-order valence-corrected chi connectivity index (χ2v) is 5.29. The van der Waals surface area contributed by atoms with Crippen LogP contribution in [-0.4, -0.2) is 11.1 Å². The van der Waals surface area contributed by atoms with E-state index >= 15 is 0 Å². The van der Waals surface area contributed by atoms with Gasteiger partial charge < -0.3 is 9.84 Å². The molecule has 4 heteroatoms. The van der Waals surface area contributed by atoms with Crippen molar-refractivity contribution in [1.29, 1.82) is 0 Å². The number of carboxylic acids is 1. The van der Waals surface area contributed by atoms with Crippen molar-refractivity contribution in [3.05, 3.63) is 65.7 Å². The molecule has 19 heavy (non-hydrogen) atoms. The molecule has 0 aliphatic heterocycles. The van der Waals surface area contributed by atoms with Gasteiger partial charge >= 0.3 is 5.97 Å². The van der Waals surface area contributed by atoms with Gasteiger partial charge in [-0.15, -0.1) is 0 Å². The van der Waals surface area contributed by atoms with Crippen molar-refractivity contribution >= 4 is 28.6 Å². The van der Waals surface area contributed by atoms with Crippen LogP contribution in [-0.2, 0) is 11.4 Å². The number of ether oxygens (including phenoxy) is 1. The summed E-state index contributed by atoms with van der Waals surface area (Å²) in [7, 11) is 0. The molecule has 0 saturated heterocycles. The Kier molecular flexibility index (Phi) is 4.79. The normalized spacial score (nSPS) is 11.8. The average molecular weight is 368 g/mol. The molecule has 1 N–H and O–H groups in total. The Morgan fingerprint density at radius 1 is 1.11 bits per heavy atom. The molecule has 2 aromatic carbocycles. The van der Waals surface area contributed by atoms with Gasteiger partial charge in [0.25, 0.3) is 0 Å². The summed E-state index contributed by atoms with van der Waals surface area (Å²) in [5.41, 5.74) is 1.86. The van der Waals surface area contributed by atoms with Crippen molar-refractivity contribution in [2.24, 2.45) is 0 Å². The van der Waals surface area contributed by atoms with Gasteiger partial charge in [0.05, 0.1) is 0 Å². The Balaban J connectivity index is 1.97. The highest BCUT2D eigenvalue weighted by atomic mass is 127. The molecule has 0 radical (unpaired) electrons. The molecule has 0 aliphatic carbocycles. The van der Waals surface area contributed by atoms with Crippen molar-refractivity contribution < 1.29 is 14.6 Å². The Labute approximate surface area is 125 Å². The van der Waals surface area contributed by atoms with Crippen molar-refractivity contribution in [3.63, 3.8) is 0 Å². The van der Waals surface area contributed by atoms with Gasteiger partial charge in [0.15, 0.2) is 0 Å². The zero-order valence-electron chi connectivity index (χ0n) is 10.1. The zero-order chi connectivity index (χ0) is 13.7. The minimum atomic E-state index is -0.835. The average Bonchev–Trinajstić information content (AvgIpc) is 2.46. The van der Waals surface area contributed by atoms with Gasteiger partial charge in [0.2, 0.25) is 0 Å². The van der Waals surface area contributed by atoms with Crippen LogP contribution in [0.25, 0.3) is 0 Å². The van der Waals surface area contributed by atoms with Crippen LogP contribution in [0, 0.1) is 0 Å². The van der Waals surface area contributed by atoms with Gasteiger partial charge in [-0.25, -0.2) is 0 Å². The lowest BCUT2D eigenvalue weighted by molar-refractivity contribution is -0.136. The Morgan fingerprint density at radius 3 is 2.32 bits per heavy atom. The van der Waals surface area contributed by atoms with Crippen LogP contribution in [0.4, 0.5) is 0 Å². The summed E-state index contributed by atoms with van der Waals surface area (Å²) >= 11 is 1.90. The molecular weight excluding hydrogens is 355 g/mol. The molecule has 3 nitrogen and oxygen atoms in total. The van der Waals surface area contributed by atoms with Gasteiger partial charge in [-0.2, -0.15) is 0 Å². The summed E-state index contributed by atoms with van der Waals surface area (Å²) in [5.74, 6) is -0.0971. The molecule has 0 amide bonds. The first-order valence-corrected chi connectivity index (χ1v) is 7.05. The van der Waals surface area contributed by atoms with Crippen LogP contribution in [0.3, 0.4) is 0 Å². The van der Waals surface area contributed by atoms with E-state index in [9.17, 15) is 4.79 Å². The number of hydrogen-bond donors (Lipinski definition) is 1. The van der Waals surface area contributed by atoms with E-state index in [2.05, 4.69) is 0 Å². The molecular formula is C15H13IO3. The van der Waals surface area contributed by atoms with Crippen LogP contribution >= 0.6 is 22.6 Å². The Morgan fingerprint density at radius 2 is 1.74 bits per heavy atom. The minimum Gasteiger partial charge on any atom is -0.489 e. The Bertz CT molecular complexity index is 537. The molecule has 0 aliphatic rings. The summed E-state index contributed by atoms with van der Waals surface area (Å²) in [5, 5.41) is 8.92. The SMILES string of the molecule is O=C(O)C(I)c1ccc(OCc2ccccc2)cc1. The molecule has 0 saturated carbocycles. The highest BCUT2D eigenvalue weighted by molar-refractivity contribution is 14.1. The molecule has 2 aromatic rings. The van der Waals surface area contributed by atoms with E-state index in [1.807, 2.05) is 52.9 Å². The van der Waals surface area contributed by atoms with Crippen LogP contribution in [0.5, 0.6) is 5.75 Å². The molecule has 0 bridgehead atoms. The first-order chi connectivity index (χ1) is 9.16. The van der Waals surface area contributed by atoms with Crippen molar-refractivity contribution in [2.45, 2.75) is 10.5 Å². The quantitative estimate of drug-likeness (QED) is 0.645. The molecule has 0 spiro atoms. The van der Waals surface area contributed by atoms with Gasteiger partial charge in [0.1, 0.15) is 16.3 Å². The summed E-state index contributed by atoms with van der Waals surface area (Å²) in [6.07, 6.45) is 0. The second kappa shape index (κ2) is 6.56. The third kappa shape index (κ3) is 3.96. The smallest absolute Gasteiger partial charge is 0.320 e. The van der Waals surface area contributed by atoms with Gasteiger partial charge in [-0.3, -0.25) is 4.79 Å². The number of aliphatic carboxylic acids is 1. The lowest BCUT2D eigenvalue weighted by Gasteiger charge is -2.08. The molecule has 98 valence electrons. The highest BCUT2D eigenvalue weighted by Gasteiger charge is 2.14. The maximum absolute atomic E-state index is 10.9. The number of alkyl halides is 1. The summed E-state index contributed by atoms with van der Waals surface area (Å²) < 4.78 is 5.11. The molecule has 1 unspecified atom stereocenters. The van der Waals surface area contributed by atoms with Crippen LogP contribution in [0.2, 0.25) is 0 Å². The van der Waals surface area contributed by atoms with E-state index in [4.69, 9.17) is 9.84 Å². The minimum absolute atomic E-state index is 0.507. The van der Waals surface area contributed by atoms with Gasteiger partial charge in [-0.1, -0.05) is 65.1 Å². The van der Waals surface area contributed by atoms with E-state index in [0.717, 1.165) is 16.9 Å². The van der Waals surface area contributed by atoms with Gasteiger partial charge in [0, 0.05) is 0 Å². The number of halogens is 1. The first kappa shape index (κ1) is 13.9. The topological polar surface area (TPSA) is 46.5 Å². The van der Waals surface area contributed by atoms with E-state index in [1.54, 1.807) is 24.3 Å². The van der Waals surface area contributed by atoms with E-state index in [0.29, 0.717) is 6.61 Å². The lowest BCUT2D eigenvalue weighted by atomic mass is 10.1. The standard InChI is InChI=1S/C15H13IO3/c16-14(15(17)18)12-6-8-13(9-7-12)19-10-11-4-2-1-3-5-11/h1-9,14H,10H2,(H,17,18). The fourth-order valence-corrected chi connectivity index (χ4v) is 2.03. The first-order valence-electron chi connectivity index (χ1n) is 5.80. The molecule has 2 rings (SSSR count). The number of carboxylic acid groups (broad SMARTS) is 1. The van der Waals surface area contributed by atoms with E-state index < -0.39 is 9.89 Å². The largest absolute Gasteiger partial charge is 0.489 e. The highest BCUT2D eigenvalue weighted by Crippen LogP contribution is 2.25. The number of benzene rings is 2.